The summed E-state index contributed by atoms with van der Waals surface area (Å²) in [5.74, 6) is 0.512. The first-order valence-electron chi connectivity index (χ1n) is 4.49. The van der Waals surface area contributed by atoms with Gasteiger partial charge < -0.3 is 5.11 Å². The maximum Gasteiger partial charge on any atom is 0.692 e. The van der Waals surface area contributed by atoms with Gasteiger partial charge in [0.15, 0.2) is 0 Å². The molecule has 0 spiro atoms. The van der Waals surface area contributed by atoms with Crippen LogP contribution in [0.1, 0.15) is 5.56 Å². The normalized spacial score (nSPS) is 12.2. The molecule has 0 fully saturated rings. The summed E-state index contributed by atoms with van der Waals surface area (Å²) in [6, 6.07) is 3.63. The number of rotatable bonds is 0. The van der Waals surface area contributed by atoms with E-state index in [2.05, 4.69) is 4.98 Å². The van der Waals surface area contributed by atoms with Crippen LogP contribution in [0.2, 0.25) is 0 Å². The van der Waals surface area contributed by atoms with Gasteiger partial charge in [-0.05, 0) is 12.1 Å². The highest BCUT2D eigenvalue weighted by Gasteiger charge is 2.19. The third-order valence-corrected chi connectivity index (χ3v) is 1.89. The molecule has 0 bridgehead atoms. The molecule has 0 saturated carbocycles. The molecule has 0 radical (unpaired) electrons. The Labute approximate surface area is 97.6 Å². The smallest absolute Gasteiger partial charge is 0.465 e. The second-order valence-electron chi connectivity index (χ2n) is 2.96. The number of anilines is 1. The Morgan fingerprint density at radius 1 is 1.47 bits per heavy atom. The van der Waals surface area contributed by atoms with E-state index in [9.17, 15) is 4.79 Å². The predicted octanol–water partition coefficient (Wildman–Crippen LogP) is 1.22. The molecule has 0 saturated heterocycles. The molecular formula is C9H10N2O5P+. The molecule has 8 heteroatoms. The van der Waals surface area contributed by atoms with Crippen molar-refractivity contribution in [2.45, 2.75) is 0 Å². The zero-order valence-corrected chi connectivity index (χ0v) is 9.49. The number of hydrogen-bond acceptors (Lipinski definition) is 3. The van der Waals surface area contributed by atoms with Crippen molar-refractivity contribution in [3.8, 4) is 0 Å². The van der Waals surface area contributed by atoms with Gasteiger partial charge >= 0.3 is 14.3 Å². The molecule has 0 aliphatic carbocycles. The zero-order valence-electron chi connectivity index (χ0n) is 8.59. The van der Waals surface area contributed by atoms with Gasteiger partial charge in [-0.2, -0.15) is 0 Å². The first-order chi connectivity index (χ1) is 8.02. The molecule has 1 amide bonds. The number of amides is 1. The van der Waals surface area contributed by atoms with E-state index in [1.807, 2.05) is 12.1 Å². The monoisotopic (exact) mass is 257 g/mol. The van der Waals surface area contributed by atoms with E-state index in [1.54, 1.807) is 18.3 Å². The lowest BCUT2D eigenvalue weighted by molar-refractivity contribution is 0.202. The van der Waals surface area contributed by atoms with Crippen LogP contribution in [0.3, 0.4) is 0 Å². The van der Waals surface area contributed by atoms with Crippen LogP contribution in [0.5, 0.6) is 0 Å². The van der Waals surface area contributed by atoms with E-state index < -0.39 is 14.3 Å². The van der Waals surface area contributed by atoms with Crippen molar-refractivity contribution in [1.82, 2.24) is 4.98 Å². The number of nitrogens with zero attached hydrogens (tertiary/aromatic N) is 2. The molecule has 0 atom stereocenters. The van der Waals surface area contributed by atoms with Crippen molar-refractivity contribution < 1.29 is 24.3 Å². The highest BCUT2D eigenvalue weighted by atomic mass is 31.1. The summed E-state index contributed by atoms with van der Waals surface area (Å²) in [6.45, 7) is 0.374. The molecular weight excluding hydrogens is 247 g/mol. The summed E-state index contributed by atoms with van der Waals surface area (Å²) in [5.41, 5.74) is 0.844. The Morgan fingerprint density at radius 3 is 2.71 bits per heavy atom. The van der Waals surface area contributed by atoms with Gasteiger partial charge in [-0.25, -0.2) is 9.78 Å². The van der Waals surface area contributed by atoms with Gasteiger partial charge in [-0.15, -0.1) is 9.79 Å². The van der Waals surface area contributed by atoms with Crippen LogP contribution >= 0.6 is 8.25 Å². The number of fused-ring (bicyclic) bond motifs is 1. The molecule has 7 nitrogen and oxygen atoms in total. The Bertz CT molecular complexity index is 458. The lowest BCUT2D eigenvalue weighted by atomic mass is 10.2. The summed E-state index contributed by atoms with van der Waals surface area (Å²) in [7, 11) is -2.87. The fourth-order valence-corrected chi connectivity index (χ4v) is 1.31. The van der Waals surface area contributed by atoms with Gasteiger partial charge in [0.2, 0.25) is 0 Å². The molecule has 1 aromatic heterocycles. The average Bonchev–Trinajstić information content (AvgIpc) is 2.27. The van der Waals surface area contributed by atoms with Crippen molar-refractivity contribution in [1.29, 1.82) is 0 Å². The van der Waals surface area contributed by atoms with Crippen LogP contribution in [0.15, 0.2) is 24.4 Å². The molecule has 90 valence electrons. The van der Waals surface area contributed by atoms with Crippen molar-refractivity contribution in [2.24, 2.45) is 0 Å². The van der Waals surface area contributed by atoms with Gasteiger partial charge in [0.25, 0.3) is 0 Å². The van der Waals surface area contributed by atoms with Crippen molar-refractivity contribution in [3.63, 3.8) is 0 Å². The van der Waals surface area contributed by atoms with Gasteiger partial charge in [-0.1, -0.05) is 12.2 Å². The fraction of sp³-hybridized carbons (Fsp3) is 0.111. The van der Waals surface area contributed by atoms with Gasteiger partial charge in [0.1, 0.15) is 5.82 Å². The maximum absolute atomic E-state index is 10.8. The Kier molecular flexibility index (Phi) is 4.71. The maximum atomic E-state index is 10.8. The molecule has 2 heterocycles. The van der Waals surface area contributed by atoms with E-state index in [-0.39, 0.29) is 0 Å². The minimum Gasteiger partial charge on any atom is -0.465 e. The quantitative estimate of drug-likeness (QED) is 0.602. The van der Waals surface area contributed by atoms with E-state index in [1.165, 1.54) is 4.90 Å². The molecule has 0 aromatic carbocycles. The van der Waals surface area contributed by atoms with Crippen LogP contribution in [0.25, 0.3) is 6.08 Å². The first kappa shape index (κ1) is 13.2. The van der Waals surface area contributed by atoms with Crippen molar-refractivity contribution >= 4 is 26.2 Å². The second-order valence-corrected chi connectivity index (χ2v) is 3.47. The summed E-state index contributed by atoms with van der Waals surface area (Å²) >= 11 is 0. The van der Waals surface area contributed by atoms with Crippen LogP contribution in [-0.2, 0) is 4.57 Å². The second kappa shape index (κ2) is 6.05. The Morgan fingerprint density at radius 2 is 2.12 bits per heavy atom. The van der Waals surface area contributed by atoms with Gasteiger partial charge in [-0.3, -0.25) is 4.90 Å². The average molecular weight is 257 g/mol. The lowest BCUT2D eigenvalue weighted by Crippen LogP contribution is -2.32. The number of carboxylic acid groups (broad SMARTS) is 1. The SMILES string of the molecule is O=C(O)N1CC=Cc2cccnc21.O=[P+](O)O. The van der Waals surface area contributed by atoms with Crippen LogP contribution in [-0.4, -0.2) is 32.5 Å². The minimum atomic E-state index is -2.87. The number of pyridine rings is 1. The standard InChI is InChI=1S/C9H8N2O2.HO3P/c12-9(13)11-6-2-4-7-3-1-5-10-8(7)11;1-4(2)3/h1-5H,6H2,(H,12,13);(H-,1,2,3)/p+1. The van der Waals surface area contributed by atoms with E-state index >= 15 is 0 Å². The Hall–Kier alpha value is -1.82. The number of carbonyl (C=O) groups is 1. The van der Waals surface area contributed by atoms with Crippen molar-refractivity contribution in [2.75, 3.05) is 11.4 Å². The summed E-state index contributed by atoms with van der Waals surface area (Å²) in [5, 5.41) is 8.84. The number of hydrogen-bond donors (Lipinski definition) is 3. The molecule has 1 aromatic rings. The van der Waals surface area contributed by atoms with E-state index in [0.717, 1.165) is 5.56 Å². The topological polar surface area (TPSA) is 111 Å². The third-order valence-electron chi connectivity index (χ3n) is 1.89. The summed E-state index contributed by atoms with van der Waals surface area (Å²) < 4.78 is 8.70. The lowest BCUT2D eigenvalue weighted by Gasteiger charge is -2.21. The number of aromatic nitrogens is 1. The molecule has 1 aliphatic rings. The molecule has 2 rings (SSSR count). The predicted molar refractivity (Wildman–Crippen MR) is 60.7 cm³/mol. The highest BCUT2D eigenvalue weighted by molar-refractivity contribution is 7.30. The highest BCUT2D eigenvalue weighted by Crippen LogP contribution is 2.22. The van der Waals surface area contributed by atoms with Crippen molar-refractivity contribution in [3.05, 3.63) is 30.0 Å². The third kappa shape index (κ3) is 3.92. The largest absolute Gasteiger partial charge is 0.692 e. The van der Waals surface area contributed by atoms with Crippen LogP contribution < -0.4 is 4.90 Å². The molecule has 1 aliphatic heterocycles. The molecule has 0 unspecified atom stereocenters. The molecule has 17 heavy (non-hydrogen) atoms. The first-order valence-corrected chi connectivity index (χ1v) is 5.66. The van der Waals surface area contributed by atoms with E-state index in [0.29, 0.717) is 12.4 Å². The van der Waals surface area contributed by atoms with E-state index in [4.69, 9.17) is 19.5 Å². The minimum absolute atomic E-state index is 0.374. The van der Waals surface area contributed by atoms with Gasteiger partial charge in [0, 0.05) is 22.9 Å². The summed E-state index contributed by atoms with van der Waals surface area (Å²) in [6.07, 6.45) is 4.30. The Balaban J connectivity index is 0.000000317. The van der Waals surface area contributed by atoms with Crippen LogP contribution in [0, 0.1) is 0 Å². The summed E-state index contributed by atoms with van der Waals surface area (Å²) in [4.78, 5) is 30.2. The fourth-order valence-electron chi connectivity index (χ4n) is 1.31. The molecule has 3 N–H and O–H groups in total. The zero-order chi connectivity index (χ0) is 12.8. The van der Waals surface area contributed by atoms with Crippen LogP contribution in [0.4, 0.5) is 10.6 Å². The van der Waals surface area contributed by atoms with Gasteiger partial charge in [0.05, 0.1) is 0 Å².